The molecule has 0 aromatic heterocycles. The number of rotatable bonds is 8. The van der Waals surface area contributed by atoms with Crippen LogP contribution in [0, 0.1) is 0 Å². The van der Waals surface area contributed by atoms with E-state index in [2.05, 4.69) is 26.6 Å². The minimum Gasteiger partial charge on any atom is -0.492 e. The van der Waals surface area contributed by atoms with Crippen LogP contribution in [0.5, 0.6) is 5.75 Å². The summed E-state index contributed by atoms with van der Waals surface area (Å²) in [5.74, 6) is -0.552. The fraction of sp³-hybridized carbons (Fsp3) is 0.103. The van der Waals surface area contributed by atoms with Gasteiger partial charge in [0.2, 0.25) is 0 Å². The first-order chi connectivity index (χ1) is 18.2. The van der Waals surface area contributed by atoms with Gasteiger partial charge in [0.25, 0.3) is 11.8 Å². The van der Waals surface area contributed by atoms with Crippen LogP contribution in [-0.2, 0) is 12.6 Å². The topological polar surface area (TPSA) is 67.4 Å². The normalized spacial score (nSPS) is 11.1. The Bertz CT molecular complexity index is 1430. The Morgan fingerprint density at radius 1 is 0.763 bits per heavy atom. The lowest BCUT2D eigenvalue weighted by molar-refractivity contribution is -0.137. The molecule has 0 saturated carbocycles. The zero-order valence-electron chi connectivity index (χ0n) is 19.9. The second kappa shape index (κ2) is 12.0. The molecule has 0 radical (unpaired) electrons. The van der Waals surface area contributed by atoms with E-state index >= 15 is 0 Å². The van der Waals surface area contributed by atoms with E-state index in [1.54, 1.807) is 18.2 Å². The molecule has 0 aliphatic carbocycles. The third kappa shape index (κ3) is 7.23. The van der Waals surface area contributed by atoms with E-state index in [0.29, 0.717) is 34.5 Å². The van der Waals surface area contributed by atoms with E-state index in [-0.39, 0.29) is 11.3 Å². The summed E-state index contributed by atoms with van der Waals surface area (Å²) in [4.78, 5) is 25.5. The van der Waals surface area contributed by atoms with Crippen LogP contribution in [0.25, 0.3) is 0 Å². The van der Waals surface area contributed by atoms with E-state index in [4.69, 9.17) is 4.74 Å². The summed E-state index contributed by atoms with van der Waals surface area (Å²) < 4.78 is 45.4. The van der Waals surface area contributed by atoms with Crippen molar-refractivity contribution in [2.75, 3.05) is 17.2 Å². The summed E-state index contributed by atoms with van der Waals surface area (Å²) in [6.45, 7) is 0.390. The molecule has 0 spiro atoms. The average Bonchev–Trinajstić information content (AvgIpc) is 2.90. The molecule has 0 heterocycles. The minimum absolute atomic E-state index is 0.0247. The number of carbonyl (C=O) groups excluding carboxylic acids is 2. The van der Waals surface area contributed by atoms with Crippen molar-refractivity contribution in [1.29, 1.82) is 0 Å². The first-order valence-corrected chi connectivity index (χ1v) is 12.3. The highest BCUT2D eigenvalue weighted by Gasteiger charge is 2.30. The highest BCUT2D eigenvalue weighted by atomic mass is 79.9. The van der Waals surface area contributed by atoms with Gasteiger partial charge in [-0.1, -0.05) is 52.3 Å². The maximum absolute atomic E-state index is 13.0. The maximum atomic E-state index is 13.0. The fourth-order valence-electron chi connectivity index (χ4n) is 3.61. The van der Waals surface area contributed by atoms with Gasteiger partial charge in [-0.15, -0.1) is 0 Å². The predicted octanol–water partition coefficient (Wildman–Crippen LogP) is 7.59. The molecule has 4 aromatic carbocycles. The molecule has 38 heavy (non-hydrogen) atoms. The number of halogens is 4. The van der Waals surface area contributed by atoms with Crippen LogP contribution in [0.4, 0.5) is 24.5 Å². The average molecular weight is 583 g/mol. The molecule has 0 unspecified atom stereocenters. The van der Waals surface area contributed by atoms with Crippen LogP contribution in [0.2, 0.25) is 0 Å². The van der Waals surface area contributed by atoms with E-state index in [1.807, 2.05) is 30.3 Å². The van der Waals surface area contributed by atoms with Crippen LogP contribution < -0.4 is 15.4 Å². The summed E-state index contributed by atoms with van der Waals surface area (Å²) in [6.07, 6.45) is -3.83. The molecule has 4 aromatic rings. The van der Waals surface area contributed by atoms with Gasteiger partial charge >= 0.3 is 6.18 Å². The second-order valence-electron chi connectivity index (χ2n) is 8.29. The van der Waals surface area contributed by atoms with Gasteiger partial charge in [0.15, 0.2) is 0 Å². The monoisotopic (exact) mass is 582 g/mol. The number of alkyl halides is 3. The zero-order chi connectivity index (χ0) is 27.1. The number of amides is 2. The molecule has 4 rings (SSSR count). The van der Waals surface area contributed by atoms with Crippen molar-refractivity contribution in [2.24, 2.45) is 0 Å². The van der Waals surface area contributed by atoms with Gasteiger partial charge in [0.05, 0.1) is 17.7 Å². The van der Waals surface area contributed by atoms with Crippen LogP contribution in [0.15, 0.2) is 102 Å². The lowest BCUT2D eigenvalue weighted by Gasteiger charge is -2.13. The highest BCUT2D eigenvalue weighted by Crippen LogP contribution is 2.31. The standard InChI is InChI=1S/C29H22BrF3N2O3/c30-22-11-14-26(38-16-15-19-5-2-1-3-6-19)25(18-22)28(37)34-23-12-9-20(10-13-23)27(36)35-24-8-4-7-21(17-24)29(31,32)33/h1-14,17-18H,15-16H2,(H,34,37)(H,35,36). The van der Waals surface area contributed by atoms with Gasteiger partial charge in [-0.2, -0.15) is 13.2 Å². The molecule has 0 atom stereocenters. The number of hydrogen-bond acceptors (Lipinski definition) is 3. The van der Waals surface area contributed by atoms with Gasteiger partial charge in [0.1, 0.15) is 5.75 Å². The first kappa shape index (κ1) is 26.9. The number of anilines is 2. The molecule has 0 aliphatic rings. The van der Waals surface area contributed by atoms with Crippen molar-refractivity contribution in [3.63, 3.8) is 0 Å². The molecular formula is C29H22BrF3N2O3. The van der Waals surface area contributed by atoms with E-state index in [0.717, 1.165) is 17.7 Å². The van der Waals surface area contributed by atoms with Gasteiger partial charge in [-0.3, -0.25) is 9.59 Å². The van der Waals surface area contributed by atoms with Crippen molar-refractivity contribution < 1.29 is 27.5 Å². The minimum atomic E-state index is -4.51. The van der Waals surface area contributed by atoms with Gasteiger partial charge in [-0.25, -0.2) is 0 Å². The highest BCUT2D eigenvalue weighted by molar-refractivity contribution is 9.10. The van der Waals surface area contributed by atoms with Crippen molar-refractivity contribution in [2.45, 2.75) is 12.6 Å². The molecule has 194 valence electrons. The number of carbonyl (C=O) groups is 2. The summed E-state index contributed by atoms with van der Waals surface area (Å²) in [5.41, 5.74) is 1.27. The molecular weight excluding hydrogens is 561 g/mol. The predicted molar refractivity (Wildman–Crippen MR) is 144 cm³/mol. The van der Waals surface area contributed by atoms with Gasteiger partial charge in [0, 0.05) is 27.8 Å². The smallest absolute Gasteiger partial charge is 0.416 e. The van der Waals surface area contributed by atoms with Crippen molar-refractivity contribution in [1.82, 2.24) is 0 Å². The molecule has 0 saturated heterocycles. The second-order valence-corrected chi connectivity index (χ2v) is 9.20. The first-order valence-electron chi connectivity index (χ1n) is 11.6. The molecule has 0 fully saturated rings. The number of nitrogens with one attached hydrogen (secondary N) is 2. The van der Waals surface area contributed by atoms with Crippen molar-refractivity contribution in [3.05, 3.63) is 124 Å². The Kier molecular flexibility index (Phi) is 8.48. The Morgan fingerprint density at radius 2 is 1.47 bits per heavy atom. The Hall–Kier alpha value is -4.11. The number of hydrogen-bond donors (Lipinski definition) is 2. The lowest BCUT2D eigenvalue weighted by Crippen LogP contribution is -2.15. The quantitative estimate of drug-likeness (QED) is 0.225. The molecule has 0 aliphatic heterocycles. The Balaban J connectivity index is 1.39. The van der Waals surface area contributed by atoms with E-state index < -0.39 is 23.6 Å². The van der Waals surface area contributed by atoms with E-state index in [9.17, 15) is 22.8 Å². The summed E-state index contributed by atoms with van der Waals surface area (Å²) >= 11 is 3.38. The van der Waals surface area contributed by atoms with Gasteiger partial charge < -0.3 is 15.4 Å². The molecule has 5 nitrogen and oxygen atoms in total. The van der Waals surface area contributed by atoms with Crippen molar-refractivity contribution in [3.8, 4) is 5.75 Å². The summed E-state index contributed by atoms with van der Waals surface area (Å²) in [5, 5.41) is 5.23. The molecule has 0 bridgehead atoms. The molecule has 9 heteroatoms. The molecule has 2 N–H and O–H groups in total. The number of benzene rings is 4. The maximum Gasteiger partial charge on any atom is 0.416 e. The third-order valence-corrected chi connectivity index (χ3v) is 6.02. The van der Waals surface area contributed by atoms with Crippen LogP contribution in [-0.4, -0.2) is 18.4 Å². The summed E-state index contributed by atoms with van der Waals surface area (Å²) in [7, 11) is 0. The zero-order valence-corrected chi connectivity index (χ0v) is 21.5. The third-order valence-electron chi connectivity index (χ3n) is 5.53. The van der Waals surface area contributed by atoms with E-state index in [1.165, 1.54) is 36.4 Å². The number of ether oxygens (including phenoxy) is 1. The van der Waals surface area contributed by atoms with Crippen LogP contribution in [0.3, 0.4) is 0 Å². The lowest BCUT2D eigenvalue weighted by atomic mass is 10.1. The van der Waals surface area contributed by atoms with Crippen molar-refractivity contribution >= 4 is 39.1 Å². The van der Waals surface area contributed by atoms with Crippen LogP contribution in [0.1, 0.15) is 31.8 Å². The SMILES string of the molecule is O=C(Nc1cccc(C(F)(F)F)c1)c1ccc(NC(=O)c2cc(Br)ccc2OCCc2ccccc2)cc1. The summed E-state index contributed by atoms with van der Waals surface area (Å²) in [6, 6.07) is 25.4. The van der Waals surface area contributed by atoms with Crippen LogP contribution >= 0.6 is 15.9 Å². The Morgan fingerprint density at radius 3 is 2.18 bits per heavy atom. The largest absolute Gasteiger partial charge is 0.492 e. The van der Waals surface area contributed by atoms with Gasteiger partial charge in [-0.05, 0) is 66.2 Å². The fourth-order valence-corrected chi connectivity index (χ4v) is 3.97. The molecule has 2 amide bonds. The Labute approximate surface area is 225 Å².